The number of aliphatic hydroxyl groups excluding tert-OH is 3. The first-order chi connectivity index (χ1) is 28.2. The maximum Gasteiger partial charge on any atom is 0.244 e. The van der Waals surface area contributed by atoms with Crippen LogP contribution in [0.15, 0.2) is 24.3 Å². The second kappa shape index (κ2) is 49.2. The van der Waals surface area contributed by atoms with Gasteiger partial charge in [0.1, 0.15) is 0 Å². The number of hydrogen-bond donors (Lipinski definition) is 4. The Hall–Kier alpha value is -1.17. The Morgan fingerprint density at radius 3 is 1.00 bits per heavy atom. The van der Waals surface area contributed by atoms with Crippen molar-refractivity contribution in [2.75, 3.05) is 13.2 Å². The van der Waals surface area contributed by atoms with E-state index in [1.165, 1.54) is 238 Å². The Kier molecular flexibility index (Phi) is 48.2. The second-order valence-electron chi connectivity index (χ2n) is 17.7. The van der Waals surface area contributed by atoms with E-state index in [1.54, 1.807) is 12.2 Å². The van der Waals surface area contributed by atoms with Gasteiger partial charge in [-0.15, -0.1) is 0 Å². The molecule has 0 rings (SSSR count). The number of aliphatic hydroxyl groups is 3. The van der Waals surface area contributed by atoms with Crippen molar-refractivity contribution in [3.63, 3.8) is 0 Å². The van der Waals surface area contributed by atoms with E-state index in [1.807, 2.05) is 12.2 Å². The van der Waals surface area contributed by atoms with Crippen LogP contribution in [0.5, 0.6) is 0 Å². The average Bonchev–Trinajstić information content (AvgIpc) is 3.22. The quantitative estimate of drug-likeness (QED) is 0.0280. The summed E-state index contributed by atoms with van der Waals surface area (Å²) >= 11 is 0. The number of rotatable bonds is 48. The molecule has 2 unspecified atom stereocenters. The first kappa shape index (κ1) is 55.8. The fourth-order valence-corrected chi connectivity index (χ4v) is 8.10. The average molecular weight is 804 g/mol. The molecule has 0 aliphatic carbocycles. The summed E-state index contributed by atoms with van der Waals surface area (Å²) in [4.78, 5) is 12.3. The van der Waals surface area contributed by atoms with Crippen LogP contribution in [0.3, 0.4) is 0 Å². The SMILES string of the molecule is CCCCCCCCCCCCCC=CC(O)C(CO)NC(=O)C=CCCCCCCCCCCCCCCCCCCCCCCCCCCCCCCCO. The van der Waals surface area contributed by atoms with Crippen LogP contribution < -0.4 is 5.32 Å². The summed E-state index contributed by atoms with van der Waals surface area (Å²) in [6, 6.07) is -0.670. The van der Waals surface area contributed by atoms with Gasteiger partial charge >= 0.3 is 0 Å². The molecule has 0 aliphatic rings. The number of carbonyl (C=O) groups is 1. The first-order valence-electron chi connectivity index (χ1n) is 25.7. The van der Waals surface area contributed by atoms with Gasteiger partial charge in [-0.2, -0.15) is 0 Å². The van der Waals surface area contributed by atoms with E-state index in [9.17, 15) is 15.0 Å². The Bertz CT molecular complexity index is 829. The summed E-state index contributed by atoms with van der Waals surface area (Å²) < 4.78 is 0. The lowest BCUT2D eigenvalue weighted by molar-refractivity contribution is -0.118. The third kappa shape index (κ3) is 45.8. The van der Waals surface area contributed by atoms with Crippen molar-refractivity contribution in [1.29, 1.82) is 0 Å². The van der Waals surface area contributed by atoms with Gasteiger partial charge in [-0.3, -0.25) is 4.79 Å². The number of allylic oxidation sites excluding steroid dienone is 2. The number of nitrogens with one attached hydrogen (secondary N) is 1. The van der Waals surface area contributed by atoms with Crippen LogP contribution in [0.1, 0.15) is 277 Å². The Labute approximate surface area is 356 Å². The molecule has 0 heterocycles. The molecule has 5 nitrogen and oxygen atoms in total. The Balaban J connectivity index is 3.44. The molecule has 0 saturated carbocycles. The van der Waals surface area contributed by atoms with Crippen LogP contribution in [-0.2, 0) is 4.79 Å². The number of unbranched alkanes of at least 4 members (excludes halogenated alkanes) is 40. The van der Waals surface area contributed by atoms with Crippen LogP contribution in [0, 0.1) is 0 Å². The molecule has 0 aromatic carbocycles. The molecule has 0 aromatic rings. The summed E-state index contributed by atoms with van der Waals surface area (Å²) in [7, 11) is 0. The second-order valence-corrected chi connectivity index (χ2v) is 17.7. The molecule has 4 N–H and O–H groups in total. The highest BCUT2D eigenvalue weighted by atomic mass is 16.3. The Morgan fingerprint density at radius 2 is 0.702 bits per heavy atom. The predicted molar refractivity (Wildman–Crippen MR) is 250 cm³/mol. The van der Waals surface area contributed by atoms with E-state index in [0.29, 0.717) is 6.61 Å². The van der Waals surface area contributed by atoms with E-state index in [-0.39, 0.29) is 12.5 Å². The van der Waals surface area contributed by atoms with E-state index in [2.05, 4.69) is 12.2 Å². The minimum atomic E-state index is -0.870. The van der Waals surface area contributed by atoms with Crippen LogP contribution in [0.4, 0.5) is 0 Å². The zero-order chi connectivity index (χ0) is 41.4. The van der Waals surface area contributed by atoms with Crippen LogP contribution in [-0.4, -0.2) is 46.6 Å². The predicted octanol–water partition coefficient (Wildman–Crippen LogP) is 15.3. The van der Waals surface area contributed by atoms with Crippen molar-refractivity contribution in [2.45, 2.75) is 289 Å². The zero-order valence-corrected chi connectivity index (χ0v) is 38.3. The van der Waals surface area contributed by atoms with Gasteiger partial charge in [0.25, 0.3) is 0 Å². The maximum atomic E-state index is 12.3. The lowest BCUT2D eigenvalue weighted by Crippen LogP contribution is -2.44. The maximum absolute atomic E-state index is 12.3. The van der Waals surface area contributed by atoms with E-state index < -0.39 is 12.1 Å². The van der Waals surface area contributed by atoms with Gasteiger partial charge in [-0.25, -0.2) is 0 Å². The monoisotopic (exact) mass is 804 g/mol. The van der Waals surface area contributed by atoms with Gasteiger partial charge in [0.15, 0.2) is 0 Å². The van der Waals surface area contributed by atoms with Gasteiger partial charge < -0.3 is 20.6 Å². The molecule has 338 valence electrons. The highest BCUT2D eigenvalue weighted by Crippen LogP contribution is 2.17. The summed E-state index contributed by atoms with van der Waals surface area (Å²) in [5, 5.41) is 31.7. The van der Waals surface area contributed by atoms with Crippen LogP contribution in [0.2, 0.25) is 0 Å². The molecule has 1 amide bonds. The van der Waals surface area contributed by atoms with Crippen molar-refractivity contribution in [1.82, 2.24) is 5.32 Å². The molecule has 0 aromatic heterocycles. The molecule has 57 heavy (non-hydrogen) atoms. The molecule has 0 fully saturated rings. The summed E-state index contributed by atoms with van der Waals surface area (Å²) in [5.74, 6) is -0.242. The highest BCUT2D eigenvalue weighted by Gasteiger charge is 2.17. The van der Waals surface area contributed by atoms with Gasteiger partial charge in [0.05, 0.1) is 18.8 Å². The molecular formula is C52H101NO4. The molecular weight excluding hydrogens is 703 g/mol. The lowest BCUT2D eigenvalue weighted by atomic mass is 10.0. The smallest absolute Gasteiger partial charge is 0.244 e. The topological polar surface area (TPSA) is 89.8 Å². The van der Waals surface area contributed by atoms with E-state index in [0.717, 1.165) is 32.1 Å². The molecule has 0 radical (unpaired) electrons. The van der Waals surface area contributed by atoms with Gasteiger partial charge in [0, 0.05) is 6.61 Å². The van der Waals surface area contributed by atoms with E-state index in [4.69, 9.17) is 5.11 Å². The van der Waals surface area contributed by atoms with Crippen molar-refractivity contribution < 1.29 is 20.1 Å². The number of hydrogen-bond acceptors (Lipinski definition) is 4. The third-order valence-electron chi connectivity index (χ3n) is 12.0. The molecule has 5 heteroatoms. The zero-order valence-electron chi connectivity index (χ0n) is 38.3. The third-order valence-corrected chi connectivity index (χ3v) is 12.0. The molecule has 0 spiro atoms. The molecule has 2 atom stereocenters. The summed E-state index contributed by atoms with van der Waals surface area (Å²) in [6.07, 6.45) is 62.4. The van der Waals surface area contributed by atoms with E-state index >= 15 is 0 Å². The largest absolute Gasteiger partial charge is 0.396 e. The van der Waals surface area contributed by atoms with Gasteiger partial charge in [0.2, 0.25) is 5.91 Å². The number of carbonyl (C=O) groups excluding carboxylic acids is 1. The van der Waals surface area contributed by atoms with Crippen molar-refractivity contribution in [2.24, 2.45) is 0 Å². The Morgan fingerprint density at radius 1 is 0.421 bits per heavy atom. The van der Waals surface area contributed by atoms with Crippen LogP contribution >= 0.6 is 0 Å². The summed E-state index contributed by atoms with van der Waals surface area (Å²) in [5.41, 5.74) is 0. The minimum Gasteiger partial charge on any atom is -0.396 e. The summed E-state index contributed by atoms with van der Waals surface area (Å²) in [6.45, 7) is 2.35. The minimum absolute atomic E-state index is 0.242. The first-order valence-corrected chi connectivity index (χ1v) is 25.7. The molecule has 0 aliphatic heterocycles. The molecule has 0 saturated heterocycles. The fourth-order valence-electron chi connectivity index (χ4n) is 8.10. The van der Waals surface area contributed by atoms with Crippen molar-refractivity contribution in [3.05, 3.63) is 24.3 Å². The van der Waals surface area contributed by atoms with Crippen molar-refractivity contribution >= 4 is 5.91 Å². The molecule has 0 bridgehead atoms. The van der Waals surface area contributed by atoms with Gasteiger partial charge in [-0.1, -0.05) is 263 Å². The standard InChI is InChI=1S/C52H101NO4/c1-2-3-4-5-6-7-8-28-31-34-37-40-43-46-51(56)50(49-55)53-52(57)47-44-41-38-35-32-29-26-24-22-20-18-16-14-12-10-9-11-13-15-17-19-21-23-25-27-30-33-36-39-42-45-48-54/h43-44,46-47,50-51,54-56H,2-42,45,48-49H2,1H3,(H,53,57). The van der Waals surface area contributed by atoms with Crippen LogP contribution in [0.25, 0.3) is 0 Å². The van der Waals surface area contributed by atoms with Gasteiger partial charge in [-0.05, 0) is 38.2 Å². The fraction of sp³-hybridized carbons (Fsp3) is 0.904. The normalized spacial score (nSPS) is 13.0. The lowest BCUT2D eigenvalue weighted by Gasteiger charge is -2.18. The highest BCUT2D eigenvalue weighted by molar-refractivity contribution is 5.87. The van der Waals surface area contributed by atoms with Crippen molar-refractivity contribution in [3.8, 4) is 0 Å². The number of amides is 1.